The van der Waals surface area contributed by atoms with Crippen LogP contribution >= 0.6 is 0 Å². The maximum Gasteiger partial charge on any atom is 0.416 e. The standard InChI is InChI=1S/C16H21F3N2/c1-4-5-6-9-21(12(2)3)15-8-7-14(16(17,18)19)10-13(15)11-20/h7-8,10,12H,4-6,9H2,1-3H3. The van der Waals surface area contributed by atoms with Gasteiger partial charge in [0.2, 0.25) is 0 Å². The second-order valence-corrected chi connectivity index (χ2v) is 5.34. The van der Waals surface area contributed by atoms with Gasteiger partial charge in [-0.15, -0.1) is 0 Å². The molecule has 2 nitrogen and oxygen atoms in total. The van der Waals surface area contributed by atoms with E-state index in [2.05, 4.69) is 6.92 Å². The Kier molecular flexibility index (Phi) is 6.07. The van der Waals surface area contributed by atoms with Crippen LogP contribution in [0.1, 0.15) is 51.2 Å². The smallest absolute Gasteiger partial charge is 0.368 e. The normalized spacial score (nSPS) is 11.5. The van der Waals surface area contributed by atoms with Crippen molar-refractivity contribution in [2.75, 3.05) is 11.4 Å². The van der Waals surface area contributed by atoms with Gasteiger partial charge in [0.1, 0.15) is 6.07 Å². The molecule has 0 atom stereocenters. The molecule has 0 aromatic heterocycles. The van der Waals surface area contributed by atoms with Crippen LogP contribution in [0.25, 0.3) is 0 Å². The summed E-state index contributed by atoms with van der Waals surface area (Å²) in [5.41, 5.74) is -0.119. The lowest BCUT2D eigenvalue weighted by Crippen LogP contribution is -2.32. The molecule has 0 aliphatic carbocycles. The van der Waals surface area contributed by atoms with Gasteiger partial charge in [0.05, 0.1) is 16.8 Å². The van der Waals surface area contributed by atoms with Crippen LogP contribution in [0.5, 0.6) is 0 Å². The molecule has 0 saturated heterocycles. The topological polar surface area (TPSA) is 27.0 Å². The minimum absolute atomic E-state index is 0.0787. The number of rotatable bonds is 6. The van der Waals surface area contributed by atoms with E-state index in [0.29, 0.717) is 5.69 Å². The Labute approximate surface area is 124 Å². The summed E-state index contributed by atoms with van der Waals surface area (Å²) in [6.07, 6.45) is -1.33. The molecule has 0 aliphatic rings. The van der Waals surface area contributed by atoms with Crippen LogP contribution < -0.4 is 4.90 Å². The van der Waals surface area contributed by atoms with Crippen LogP contribution in [0.15, 0.2) is 18.2 Å². The second-order valence-electron chi connectivity index (χ2n) is 5.34. The van der Waals surface area contributed by atoms with Gasteiger partial charge in [0, 0.05) is 12.6 Å². The van der Waals surface area contributed by atoms with E-state index in [9.17, 15) is 13.2 Å². The summed E-state index contributed by atoms with van der Waals surface area (Å²) in [4.78, 5) is 1.99. The van der Waals surface area contributed by atoms with Crippen LogP contribution in [-0.2, 0) is 6.18 Å². The van der Waals surface area contributed by atoms with Crippen molar-refractivity contribution in [3.05, 3.63) is 29.3 Å². The summed E-state index contributed by atoms with van der Waals surface area (Å²) in [5.74, 6) is 0. The summed E-state index contributed by atoms with van der Waals surface area (Å²) < 4.78 is 38.2. The molecule has 0 aliphatic heterocycles. The highest BCUT2D eigenvalue weighted by Crippen LogP contribution is 2.33. The Balaban J connectivity index is 3.11. The van der Waals surface area contributed by atoms with Crippen LogP contribution in [0.2, 0.25) is 0 Å². The highest BCUT2D eigenvalue weighted by atomic mass is 19.4. The Morgan fingerprint density at radius 2 is 1.90 bits per heavy atom. The average molecular weight is 298 g/mol. The Hall–Kier alpha value is -1.70. The molecular weight excluding hydrogens is 277 g/mol. The molecule has 116 valence electrons. The van der Waals surface area contributed by atoms with E-state index in [0.717, 1.165) is 37.9 Å². The lowest BCUT2D eigenvalue weighted by atomic mass is 10.1. The summed E-state index contributed by atoms with van der Waals surface area (Å²) in [7, 11) is 0. The third-order valence-electron chi connectivity index (χ3n) is 3.38. The molecule has 0 spiro atoms. The first-order chi connectivity index (χ1) is 9.81. The van der Waals surface area contributed by atoms with Crippen LogP contribution in [0, 0.1) is 11.3 Å². The largest absolute Gasteiger partial charge is 0.416 e. The third kappa shape index (κ3) is 4.66. The van der Waals surface area contributed by atoms with Crippen molar-refractivity contribution >= 4 is 5.69 Å². The number of alkyl halides is 3. The van der Waals surface area contributed by atoms with Gasteiger partial charge in [-0.1, -0.05) is 19.8 Å². The van der Waals surface area contributed by atoms with Crippen molar-refractivity contribution in [1.29, 1.82) is 5.26 Å². The highest BCUT2D eigenvalue weighted by molar-refractivity contribution is 5.61. The van der Waals surface area contributed by atoms with Crippen molar-refractivity contribution in [3.63, 3.8) is 0 Å². The fourth-order valence-corrected chi connectivity index (χ4v) is 2.24. The van der Waals surface area contributed by atoms with Gasteiger partial charge >= 0.3 is 6.18 Å². The maximum absolute atomic E-state index is 12.7. The lowest BCUT2D eigenvalue weighted by molar-refractivity contribution is -0.137. The first-order valence-corrected chi connectivity index (χ1v) is 7.19. The fraction of sp³-hybridized carbons (Fsp3) is 0.562. The molecule has 1 rings (SSSR count). The molecule has 1 aromatic rings. The predicted octanol–water partition coefficient (Wildman–Crippen LogP) is 4.98. The van der Waals surface area contributed by atoms with Crippen molar-refractivity contribution in [2.24, 2.45) is 0 Å². The minimum Gasteiger partial charge on any atom is -0.368 e. The molecule has 0 radical (unpaired) electrons. The molecule has 0 fully saturated rings. The van der Waals surface area contributed by atoms with Gasteiger partial charge in [-0.2, -0.15) is 18.4 Å². The van der Waals surface area contributed by atoms with Gasteiger partial charge in [0.15, 0.2) is 0 Å². The average Bonchev–Trinajstić information content (AvgIpc) is 2.41. The zero-order valence-corrected chi connectivity index (χ0v) is 12.7. The molecule has 1 aromatic carbocycles. The van der Waals surface area contributed by atoms with E-state index >= 15 is 0 Å². The molecule has 5 heteroatoms. The van der Waals surface area contributed by atoms with Gasteiger partial charge < -0.3 is 4.90 Å². The molecule has 0 saturated carbocycles. The molecule has 0 amide bonds. The quantitative estimate of drug-likeness (QED) is 0.692. The van der Waals surface area contributed by atoms with Crippen molar-refractivity contribution < 1.29 is 13.2 Å². The van der Waals surface area contributed by atoms with Crippen LogP contribution in [0.3, 0.4) is 0 Å². The van der Waals surface area contributed by atoms with Gasteiger partial charge in [-0.25, -0.2) is 0 Å². The van der Waals surface area contributed by atoms with E-state index in [4.69, 9.17) is 5.26 Å². The monoisotopic (exact) mass is 298 g/mol. The summed E-state index contributed by atoms with van der Waals surface area (Å²) in [6, 6.07) is 5.41. The van der Waals surface area contributed by atoms with E-state index in [1.165, 1.54) is 6.07 Å². The van der Waals surface area contributed by atoms with Crippen molar-refractivity contribution in [2.45, 2.75) is 52.3 Å². The molecular formula is C16H21F3N2. The number of anilines is 1. The Bertz CT molecular complexity index is 501. The second kappa shape index (κ2) is 7.35. The van der Waals surface area contributed by atoms with E-state index in [1.807, 2.05) is 24.8 Å². The van der Waals surface area contributed by atoms with E-state index in [-0.39, 0.29) is 11.6 Å². The van der Waals surface area contributed by atoms with Crippen molar-refractivity contribution in [1.82, 2.24) is 0 Å². The van der Waals surface area contributed by atoms with Crippen LogP contribution in [0.4, 0.5) is 18.9 Å². The first kappa shape index (κ1) is 17.4. The zero-order chi connectivity index (χ0) is 16.0. The summed E-state index contributed by atoms with van der Waals surface area (Å²) in [6.45, 7) is 6.79. The lowest BCUT2D eigenvalue weighted by Gasteiger charge is -2.30. The Morgan fingerprint density at radius 1 is 1.24 bits per heavy atom. The number of hydrogen-bond acceptors (Lipinski definition) is 2. The van der Waals surface area contributed by atoms with E-state index < -0.39 is 11.7 Å². The summed E-state index contributed by atoms with van der Waals surface area (Å²) in [5, 5.41) is 9.17. The number of benzene rings is 1. The predicted molar refractivity (Wildman–Crippen MR) is 78.2 cm³/mol. The first-order valence-electron chi connectivity index (χ1n) is 7.19. The SMILES string of the molecule is CCCCCN(c1ccc(C(F)(F)F)cc1C#N)C(C)C. The summed E-state index contributed by atoms with van der Waals surface area (Å²) >= 11 is 0. The maximum atomic E-state index is 12.7. The van der Waals surface area contributed by atoms with Crippen molar-refractivity contribution in [3.8, 4) is 6.07 Å². The molecule has 0 unspecified atom stereocenters. The Morgan fingerprint density at radius 3 is 2.38 bits per heavy atom. The number of unbranched alkanes of at least 4 members (excludes halogenated alkanes) is 2. The van der Waals surface area contributed by atoms with Gasteiger partial charge in [-0.3, -0.25) is 0 Å². The third-order valence-corrected chi connectivity index (χ3v) is 3.38. The molecule has 21 heavy (non-hydrogen) atoms. The zero-order valence-electron chi connectivity index (χ0n) is 12.7. The minimum atomic E-state index is -4.42. The van der Waals surface area contributed by atoms with Gasteiger partial charge in [-0.05, 0) is 38.5 Å². The van der Waals surface area contributed by atoms with E-state index in [1.54, 1.807) is 0 Å². The number of hydrogen-bond donors (Lipinski definition) is 0. The fourth-order valence-electron chi connectivity index (χ4n) is 2.24. The molecule has 0 N–H and O–H groups in total. The number of nitriles is 1. The number of halogens is 3. The molecule has 0 heterocycles. The molecule has 0 bridgehead atoms. The highest BCUT2D eigenvalue weighted by Gasteiger charge is 2.31. The van der Waals surface area contributed by atoms with Gasteiger partial charge in [0.25, 0.3) is 0 Å². The van der Waals surface area contributed by atoms with Crippen LogP contribution in [-0.4, -0.2) is 12.6 Å². The number of nitrogens with zero attached hydrogens (tertiary/aromatic N) is 2.